The van der Waals surface area contributed by atoms with Gasteiger partial charge in [-0.1, -0.05) is 30.3 Å². The van der Waals surface area contributed by atoms with Crippen molar-refractivity contribution < 1.29 is 44.4 Å². The van der Waals surface area contributed by atoms with Crippen LogP contribution in [0.4, 0.5) is 0 Å². The molecule has 0 aliphatic rings. The van der Waals surface area contributed by atoms with Gasteiger partial charge in [0.05, 0.1) is 12.7 Å². The number of hydrogen-bond donors (Lipinski definition) is 8. The Kier molecular flexibility index (Phi) is 11.6. The number of rotatable bonds is 14. The first-order valence-electron chi connectivity index (χ1n) is 10.4. The fourth-order valence-electron chi connectivity index (χ4n) is 2.87. The lowest BCUT2D eigenvalue weighted by Gasteiger charge is -2.26. The number of amides is 3. The van der Waals surface area contributed by atoms with E-state index in [1.54, 1.807) is 30.3 Å². The zero-order valence-electron chi connectivity index (χ0n) is 18.5. The predicted octanol–water partition coefficient (Wildman–Crippen LogP) is -2.67. The lowest BCUT2D eigenvalue weighted by atomic mass is 10.0. The van der Waals surface area contributed by atoms with Gasteiger partial charge in [-0.25, -0.2) is 4.79 Å². The number of nitrogens with one attached hydrogen (secondary N) is 3. The highest BCUT2D eigenvalue weighted by Gasteiger charge is 2.32. The summed E-state index contributed by atoms with van der Waals surface area (Å²) in [4.78, 5) is 59.9. The van der Waals surface area contributed by atoms with Gasteiger partial charge in [0.1, 0.15) is 24.2 Å². The molecule has 0 aromatic heterocycles. The zero-order valence-corrected chi connectivity index (χ0v) is 18.5. The molecular formula is C21H30N4O9. The first kappa shape index (κ1) is 28.5. The van der Waals surface area contributed by atoms with E-state index in [4.69, 9.17) is 15.9 Å². The second kappa shape index (κ2) is 13.9. The van der Waals surface area contributed by atoms with E-state index in [9.17, 15) is 34.2 Å². The summed E-state index contributed by atoms with van der Waals surface area (Å²) in [6.45, 7) is 0.513. The fraction of sp³-hybridized carbons (Fsp3) is 0.476. The number of nitrogens with two attached hydrogens (primary N) is 1. The lowest BCUT2D eigenvalue weighted by molar-refractivity contribution is -0.143. The minimum atomic E-state index is -1.53. The number of aliphatic carboxylic acids is 2. The maximum atomic E-state index is 12.9. The SMILES string of the molecule is CC(O)C(NC(=O)C(N)CO)C(=O)NC(Cc1ccccc1)C(=O)NC(CCC(=O)O)C(=O)O. The molecule has 5 unspecified atom stereocenters. The van der Waals surface area contributed by atoms with Crippen molar-refractivity contribution in [2.24, 2.45) is 5.73 Å². The third-order valence-electron chi connectivity index (χ3n) is 4.77. The lowest BCUT2D eigenvalue weighted by Crippen LogP contribution is -2.60. The van der Waals surface area contributed by atoms with E-state index in [0.29, 0.717) is 5.56 Å². The standard InChI is InChI=1S/C21H30N4O9/c1-11(27)17(25-18(30)13(22)10-26)20(32)24-15(9-12-5-3-2-4-6-12)19(31)23-14(21(33)34)7-8-16(28)29/h2-6,11,13-15,17,26-27H,7-10,22H2,1H3,(H,23,31)(H,24,32)(H,25,30)(H,28,29)(H,33,34). The number of benzene rings is 1. The molecule has 1 aromatic rings. The van der Waals surface area contributed by atoms with E-state index >= 15 is 0 Å². The average molecular weight is 482 g/mol. The van der Waals surface area contributed by atoms with Gasteiger partial charge < -0.3 is 42.1 Å². The van der Waals surface area contributed by atoms with Gasteiger partial charge in [-0.15, -0.1) is 0 Å². The van der Waals surface area contributed by atoms with Crippen LogP contribution in [0.1, 0.15) is 25.3 Å². The number of hydrogen-bond acceptors (Lipinski definition) is 8. The summed E-state index contributed by atoms with van der Waals surface area (Å²) in [7, 11) is 0. The minimum Gasteiger partial charge on any atom is -0.481 e. The smallest absolute Gasteiger partial charge is 0.326 e. The fourth-order valence-corrected chi connectivity index (χ4v) is 2.87. The Hall–Kier alpha value is -3.55. The van der Waals surface area contributed by atoms with E-state index in [2.05, 4.69) is 16.0 Å². The van der Waals surface area contributed by atoms with Crippen LogP contribution in [0.15, 0.2) is 30.3 Å². The van der Waals surface area contributed by atoms with Gasteiger partial charge in [0.15, 0.2) is 0 Å². The Morgan fingerprint density at radius 3 is 2.00 bits per heavy atom. The summed E-state index contributed by atoms with van der Waals surface area (Å²) in [5.41, 5.74) is 6.02. The van der Waals surface area contributed by atoms with Crippen molar-refractivity contribution in [3.8, 4) is 0 Å². The van der Waals surface area contributed by atoms with Crippen molar-refractivity contribution in [1.29, 1.82) is 0 Å². The molecule has 188 valence electrons. The highest BCUT2D eigenvalue weighted by atomic mass is 16.4. The van der Waals surface area contributed by atoms with E-state index in [1.165, 1.54) is 6.92 Å². The van der Waals surface area contributed by atoms with Gasteiger partial charge >= 0.3 is 11.9 Å². The number of carboxylic acid groups (broad SMARTS) is 2. The van der Waals surface area contributed by atoms with Crippen molar-refractivity contribution in [3.05, 3.63) is 35.9 Å². The number of carbonyl (C=O) groups is 5. The van der Waals surface area contributed by atoms with Crippen LogP contribution in [0.5, 0.6) is 0 Å². The van der Waals surface area contributed by atoms with Gasteiger partial charge in [0.2, 0.25) is 17.7 Å². The second-order valence-corrected chi connectivity index (χ2v) is 7.60. The van der Waals surface area contributed by atoms with Crippen LogP contribution in [0.3, 0.4) is 0 Å². The predicted molar refractivity (Wildman–Crippen MR) is 117 cm³/mol. The Morgan fingerprint density at radius 1 is 0.912 bits per heavy atom. The third kappa shape index (κ3) is 9.52. The van der Waals surface area contributed by atoms with E-state index in [0.717, 1.165) is 0 Å². The highest BCUT2D eigenvalue weighted by Crippen LogP contribution is 2.07. The molecule has 1 aromatic carbocycles. The molecule has 0 aliphatic heterocycles. The molecule has 5 atom stereocenters. The number of carboxylic acids is 2. The topological polar surface area (TPSA) is 228 Å². The molecule has 0 bridgehead atoms. The van der Waals surface area contributed by atoms with Crippen LogP contribution in [0.2, 0.25) is 0 Å². The van der Waals surface area contributed by atoms with Crippen LogP contribution in [0, 0.1) is 0 Å². The van der Waals surface area contributed by atoms with Crippen LogP contribution in [-0.4, -0.2) is 87.0 Å². The Balaban J connectivity index is 3.08. The molecule has 1 rings (SSSR count). The Morgan fingerprint density at radius 2 is 1.50 bits per heavy atom. The zero-order chi connectivity index (χ0) is 25.8. The molecule has 0 fully saturated rings. The normalized spacial score (nSPS) is 15.2. The Bertz CT molecular complexity index is 863. The molecule has 0 spiro atoms. The molecule has 34 heavy (non-hydrogen) atoms. The number of aliphatic hydroxyl groups excluding tert-OH is 2. The summed E-state index contributed by atoms with van der Waals surface area (Å²) >= 11 is 0. The number of carbonyl (C=O) groups excluding carboxylic acids is 3. The monoisotopic (exact) mass is 482 g/mol. The van der Waals surface area contributed by atoms with Gasteiger partial charge in [-0.2, -0.15) is 0 Å². The maximum Gasteiger partial charge on any atom is 0.326 e. The second-order valence-electron chi connectivity index (χ2n) is 7.60. The van der Waals surface area contributed by atoms with Gasteiger partial charge in [0, 0.05) is 12.8 Å². The molecule has 0 aliphatic carbocycles. The maximum absolute atomic E-state index is 12.9. The molecule has 0 saturated carbocycles. The average Bonchev–Trinajstić information content (AvgIpc) is 2.78. The summed E-state index contributed by atoms with van der Waals surface area (Å²) in [5.74, 6) is -5.47. The van der Waals surface area contributed by atoms with Gasteiger partial charge in [-0.3, -0.25) is 19.2 Å². The summed E-state index contributed by atoms with van der Waals surface area (Å²) < 4.78 is 0. The molecule has 13 nitrogen and oxygen atoms in total. The van der Waals surface area contributed by atoms with Crippen molar-refractivity contribution >= 4 is 29.7 Å². The van der Waals surface area contributed by atoms with Crippen LogP contribution in [0.25, 0.3) is 0 Å². The van der Waals surface area contributed by atoms with Gasteiger partial charge in [0.25, 0.3) is 0 Å². The molecule has 0 radical (unpaired) electrons. The first-order valence-corrected chi connectivity index (χ1v) is 10.4. The Labute approximate surface area is 195 Å². The molecule has 13 heteroatoms. The van der Waals surface area contributed by atoms with Crippen molar-refractivity contribution in [2.75, 3.05) is 6.61 Å². The van der Waals surface area contributed by atoms with E-state index in [-0.39, 0.29) is 12.8 Å². The van der Waals surface area contributed by atoms with Crippen LogP contribution < -0.4 is 21.7 Å². The van der Waals surface area contributed by atoms with Crippen molar-refractivity contribution in [3.63, 3.8) is 0 Å². The summed E-state index contributed by atoms with van der Waals surface area (Å²) in [6.07, 6.45) is -2.36. The number of aliphatic hydroxyl groups is 2. The van der Waals surface area contributed by atoms with Crippen LogP contribution in [-0.2, 0) is 30.4 Å². The quantitative estimate of drug-likeness (QED) is 0.137. The molecule has 0 heterocycles. The molecule has 0 saturated heterocycles. The van der Waals surface area contributed by atoms with Crippen LogP contribution >= 0.6 is 0 Å². The van der Waals surface area contributed by atoms with Crippen molar-refractivity contribution in [2.45, 2.75) is 56.5 Å². The minimum absolute atomic E-state index is 0.0691. The molecule has 9 N–H and O–H groups in total. The molecule has 3 amide bonds. The van der Waals surface area contributed by atoms with E-state index < -0.39 is 73.0 Å². The third-order valence-corrected chi connectivity index (χ3v) is 4.77. The largest absolute Gasteiger partial charge is 0.481 e. The summed E-state index contributed by atoms with van der Waals surface area (Å²) in [6, 6.07) is 2.72. The highest BCUT2D eigenvalue weighted by molar-refractivity contribution is 5.94. The summed E-state index contributed by atoms with van der Waals surface area (Å²) in [5, 5.41) is 43.9. The van der Waals surface area contributed by atoms with Crippen molar-refractivity contribution in [1.82, 2.24) is 16.0 Å². The van der Waals surface area contributed by atoms with Gasteiger partial charge in [-0.05, 0) is 18.9 Å². The van der Waals surface area contributed by atoms with E-state index in [1.807, 2.05) is 0 Å². The first-order chi connectivity index (χ1) is 16.0. The molecular weight excluding hydrogens is 452 g/mol.